The first-order valence-corrected chi connectivity index (χ1v) is 11.7. The van der Waals surface area contributed by atoms with E-state index in [4.69, 9.17) is 0 Å². The van der Waals surface area contributed by atoms with Gasteiger partial charge in [-0.1, -0.05) is 36.4 Å². The molecule has 0 saturated heterocycles. The number of amides is 1. The summed E-state index contributed by atoms with van der Waals surface area (Å²) in [6, 6.07) is 21.4. The second-order valence-electron chi connectivity index (χ2n) is 6.47. The van der Waals surface area contributed by atoms with Crippen LogP contribution in [0.3, 0.4) is 0 Å². The van der Waals surface area contributed by atoms with Crippen molar-refractivity contribution < 1.29 is 13.2 Å². The molecule has 0 bridgehead atoms. The standard InChI is InChI=1S/C22H22N2O3S2/c1-16-8-9-18(22(25)24-19-10-12-20(28-2)13-11-19)14-21(16)29(26,27)23-15-17-6-4-3-5-7-17/h3-14,23H,15H2,1-2H3,(H,24,25). The van der Waals surface area contributed by atoms with E-state index >= 15 is 0 Å². The quantitative estimate of drug-likeness (QED) is 0.548. The Morgan fingerprint density at radius 3 is 2.31 bits per heavy atom. The van der Waals surface area contributed by atoms with Crippen LogP contribution in [0.4, 0.5) is 5.69 Å². The number of nitrogens with one attached hydrogen (secondary N) is 2. The predicted molar refractivity (Wildman–Crippen MR) is 118 cm³/mol. The van der Waals surface area contributed by atoms with Crippen LogP contribution in [0.15, 0.2) is 82.6 Å². The Bertz CT molecular complexity index is 1100. The van der Waals surface area contributed by atoms with Gasteiger partial charge in [-0.3, -0.25) is 4.79 Å². The van der Waals surface area contributed by atoms with Crippen molar-refractivity contribution in [3.05, 3.63) is 89.5 Å². The molecule has 7 heteroatoms. The van der Waals surface area contributed by atoms with Crippen LogP contribution in [0.5, 0.6) is 0 Å². The van der Waals surface area contributed by atoms with Crippen LogP contribution >= 0.6 is 11.8 Å². The van der Waals surface area contributed by atoms with Crippen molar-refractivity contribution in [3.8, 4) is 0 Å². The van der Waals surface area contributed by atoms with Gasteiger partial charge < -0.3 is 5.32 Å². The van der Waals surface area contributed by atoms with E-state index in [1.54, 1.807) is 30.8 Å². The maximum atomic E-state index is 12.8. The molecule has 0 heterocycles. The number of carbonyl (C=O) groups excluding carboxylic acids is 1. The monoisotopic (exact) mass is 426 g/mol. The molecule has 3 aromatic rings. The average molecular weight is 427 g/mol. The Labute approximate surface area is 175 Å². The van der Waals surface area contributed by atoms with Gasteiger partial charge in [0.15, 0.2) is 0 Å². The molecule has 29 heavy (non-hydrogen) atoms. The molecule has 3 rings (SSSR count). The third kappa shape index (κ3) is 5.47. The first-order valence-electron chi connectivity index (χ1n) is 8.99. The second kappa shape index (κ2) is 9.26. The lowest BCUT2D eigenvalue weighted by Crippen LogP contribution is -2.24. The number of thioether (sulfide) groups is 1. The highest BCUT2D eigenvalue weighted by atomic mass is 32.2. The maximum absolute atomic E-state index is 12.8. The molecule has 3 aromatic carbocycles. The second-order valence-corrected chi connectivity index (χ2v) is 9.09. The topological polar surface area (TPSA) is 75.3 Å². The average Bonchev–Trinajstić information content (AvgIpc) is 2.74. The van der Waals surface area contributed by atoms with Gasteiger partial charge in [0.25, 0.3) is 5.91 Å². The zero-order valence-corrected chi connectivity index (χ0v) is 17.8. The molecular formula is C22H22N2O3S2. The van der Waals surface area contributed by atoms with Crippen molar-refractivity contribution in [1.29, 1.82) is 0 Å². The van der Waals surface area contributed by atoms with E-state index in [1.165, 1.54) is 6.07 Å². The van der Waals surface area contributed by atoms with E-state index in [2.05, 4.69) is 10.0 Å². The number of hydrogen-bond acceptors (Lipinski definition) is 4. The largest absolute Gasteiger partial charge is 0.322 e. The highest BCUT2D eigenvalue weighted by molar-refractivity contribution is 7.98. The minimum atomic E-state index is -3.76. The summed E-state index contributed by atoms with van der Waals surface area (Å²) in [5, 5.41) is 2.80. The summed E-state index contributed by atoms with van der Waals surface area (Å²) in [6.45, 7) is 1.89. The Balaban J connectivity index is 1.78. The Morgan fingerprint density at radius 2 is 1.66 bits per heavy atom. The fraction of sp³-hybridized carbons (Fsp3) is 0.136. The molecule has 0 unspecified atom stereocenters. The highest BCUT2D eigenvalue weighted by Gasteiger charge is 2.19. The number of sulfonamides is 1. The lowest BCUT2D eigenvalue weighted by molar-refractivity contribution is 0.102. The van der Waals surface area contributed by atoms with E-state index in [-0.39, 0.29) is 22.9 Å². The molecular weight excluding hydrogens is 404 g/mol. The normalized spacial score (nSPS) is 11.2. The lowest BCUT2D eigenvalue weighted by Gasteiger charge is -2.12. The first kappa shape index (κ1) is 21.1. The zero-order chi connectivity index (χ0) is 20.9. The Kier molecular flexibility index (Phi) is 6.74. The van der Waals surface area contributed by atoms with Gasteiger partial charge in [0.2, 0.25) is 10.0 Å². The summed E-state index contributed by atoms with van der Waals surface area (Å²) in [6.07, 6.45) is 1.98. The molecule has 0 aliphatic heterocycles. The third-order valence-electron chi connectivity index (χ3n) is 4.40. The fourth-order valence-corrected chi connectivity index (χ4v) is 4.45. The summed E-state index contributed by atoms with van der Waals surface area (Å²) >= 11 is 1.62. The molecule has 150 valence electrons. The maximum Gasteiger partial charge on any atom is 0.255 e. The van der Waals surface area contributed by atoms with E-state index < -0.39 is 10.0 Å². The van der Waals surface area contributed by atoms with Crippen molar-refractivity contribution in [2.24, 2.45) is 0 Å². The van der Waals surface area contributed by atoms with Crippen molar-refractivity contribution in [2.75, 3.05) is 11.6 Å². The highest BCUT2D eigenvalue weighted by Crippen LogP contribution is 2.20. The van der Waals surface area contributed by atoms with Crippen molar-refractivity contribution in [1.82, 2.24) is 4.72 Å². The minimum Gasteiger partial charge on any atom is -0.322 e. The van der Waals surface area contributed by atoms with E-state index in [1.807, 2.05) is 60.9 Å². The number of anilines is 1. The van der Waals surface area contributed by atoms with Crippen LogP contribution < -0.4 is 10.0 Å². The summed E-state index contributed by atoms with van der Waals surface area (Å²) < 4.78 is 28.2. The minimum absolute atomic E-state index is 0.0961. The fourth-order valence-electron chi connectivity index (χ4n) is 2.76. The van der Waals surface area contributed by atoms with Crippen molar-refractivity contribution in [2.45, 2.75) is 23.3 Å². The number of hydrogen-bond donors (Lipinski definition) is 2. The number of aryl methyl sites for hydroxylation is 1. The van der Waals surface area contributed by atoms with Crippen LogP contribution in [0.25, 0.3) is 0 Å². The molecule has 0 aliphatic rings. The molecule has 1 amide bonds. The van der Waals surface area contributed by atoms with Gasteiger partial charge in [-0.15, -0.1) is 11.8 Å². The Morgan fingerprint density at radius 1 is 0.966 bits per heavy atom. The number of carbonyl (C=O) groups is 1. The molecule has 0 atom stereocenters. The molecule has 0 aromatic heterocycles. The summed E-state index contributed by atoms with van der Waals surface area (Å²) in [4.78, 5) is 13.8. The smallest absolute Gasteiger partial charge is 0.255 e. The van der Waals surface area contributed by atoms with Crippen molar-refractivity contribution in [3.63, 3.8) is 0 Å². The summed E-state index contributed by atoms with van der Waals surface area (Å²) in [5.41, 5.74) is 2.37. The van der Waals surface area contributed by atoms with Crippen LogP contribution in [0.1, 0.15) is 21.5 Å². The van der Waals surface area contributed by atoms with Gasteiger partial charge in [-0.05, 0) is 60.7 Å². The van der Waals surface area contributed by atoms with Crippen LogP contribution in [-0.4, -0.2) is 20.6 Å². The van der Waals surface area contributed by atoms with E-state index in [9.17, 15) is 13.2 Å². The van der Waals surface area contributed by atoms with Crippen molar-refractivity contribution >= 4 is 33.4 Å². The Hall–Kier alpha value is -2.61. The van der Waals surface area contributed by atoms with Gasteiger partial charge in [0.1, 0.15) is 0 Å². The molecule has 0 fully saturated rings. The third-order valence-corrected chi connectivity index (χ3v) is 6.68. The van der Waals surface area contributed by atoms with Crippen LogP contribution in [0, 0.1) is 6.92 Å². The van der Waals surface area contributed by atoms with Gasteiger partial charge in [-0.25, -0.2) is 13.1 Å². The van der Waals surface area contributed by atoms with Crippen LogP contribution in [0.2, 0.25) is 0 Å². The molecule has 0 saturated carbocycles. The number of rotatable bonds is 7. The molecule has 0 radical (unpaired) electrons. The first-order chi connectivity index (χ1) is 13.9. The van der Waals surface area contributed by atoms with Gasteiger partial charge in [-0.2, -0.15) is 0 Å². The molecule has 2 N–H and O–H groups in total. The lowest BCUT2D eigenvalue weighted by atomic mass is 10.1. The van der Waals surface area contributed by atoms with E-state index in [0.29, 0.717) is 11.3 Å². The summed E-state index contributed by atoms with van der Waals surface area (Å²) in [5.74, 6) is -0.360. The SMILES string of the molecule is CSc1ccc(NC(=O)c2ccc(C)c(S(=O)(=O)NCc3ccccc3)c2)cc1. The zero-order valence-electron chi connectivity index (χ0n) is 16.2. The summed E-state index contributed by atoms with van der Waals surface area (Å²) in [7, 11) is -3.76. The molecule has 0 aliphatic carbocycles. The van der Waals surface area contributed by atoms with Crippen LogP contribution in [-0.2, 0) is 16.6 Å². The van der Waals surface area contributed by atoms with E-state index in [0.717, 1.165) is 10.5 Å². The molecule has 5 nitrogen and oxygen atoms in total. The van der Waals surface area contributed by atoms with Gasteiger partial charge >= 0.3 is 0 Å². The number of benzene rings is 3. The van der Waals surface area contributed by atoms with Gasteiger partial charge in [0.05, 0.1) is 4.90 Å². The van der Waals surface area contributed by atoms with Gasteiger partial charge in [0, 0.05) is 22.7 Å². The molecule has 0 spiro atoms. The predicted octanol–water partition coefficient (Wildman–Crippen LogP) is 4.45.